The molecular weight excluding hydrogens is 272 g/mol. The van der Waals surface area contributed by atoms with Crippen LogP contribution in [0.2, 0.25) is 0 Å². The fourth-order valence-corrected chi connectivity index (χ4v) is 3.11. The molecule has 2 rings (SSSR count). The van der Waals surface area contributed by atoms with Crippen LogP contribution in [0.5, 0.6) is 11.5 Å². The summed E-state index contributed by atoms with van der Waals surface area (Å²) in [7, 11) is 0. The molecule has 0 unspecified atom stereocenters. The van der Waals surface area contributed by atoms with Gasteiger partial charge in [0.25, 0.3) is 0 Å². The molecule has 0 aromatic heterocycles. The Morgan fingerprint density at radius 2 is 1.27 bits per heavy atom. The Morgan fingerprint density at radius 3 is 1.64 bits per heavy atom. The summed E-state index contributed by atoms with van der Waals surface area (Å²) in [6, 6.07) is 7.91. The first-order chi connectivity index (χ1) is 10.3. The first kappa shape index (κ1) is 16.2. The maximum Gasteiger partial charge on any atom is 0.122 e. The van der Waals surface area contributed by atoms with Crippen LogP contribution in [0.25, 0.3) is 0 Å². The first-order valence-electron chi connectivity index (χ1n) is 7.56. The number of phenolic OH excluding ortho intramolecular Hbond substituents is 2. The van der Waals surface area contributed by atoms with Gasteiger partial charge in [0.1, 0.15) is 11.5 Å². The van der Waals surface area contributed by atoms with Crippen molar-refractivity contribution in [3.8, 4) is 11.5 Å². The fraction of sp³-hybridized carbons (Fsp3) is 0.300. The number of hydrogen-bond donors (Lipinski definition) is 2. The van der Waals surface area contributed by atoms with Crippen molar-refractivity contribution in [3.05, 3.63) is 70.3 Å². The van der Waals surface area contributed by atoms with Crippen LogP contribution in [-0.4, -0.2) is 10.2 Å². The minimum absolute atomic E-state index is 0.102. The summed E-state index contributed by atoms with van der Waals surface area (Å²) in [5, 5.41) is 21.0. The van der Waals surface area contributed by atoms with Crippen molar-refractivity contribution in [2.45, 2.75) is 40.0 Å². The second-order valence-electron chi connectivity index (χ2n) is 6.12. The lowest BCUT2D eigenvalue weighted by Gasteiger charge is -2.22. The standard InChI is InChI=1S/C20H24O2/c1-6-7-16(17-10-12(2)8-14(4)19(17)21)18-11-13(3)9-15(5)20(18)22/h6,8-11,16,21-22H,1,7H2,2-5H3. The van der Waals surface area contributed by atoms with Crippen LogP contribution in [0.3, 0.4) is 0 Å². The van der Waals surface area contributed by atoms with Crippen molar-refractivity contribution >= 4 is 0 Å². The summed E-state index contributed by atoms with van der Waals surface area (Å²) in [5.41, 5.74) is 5.60. The number of benzene rings is 2. The summed E-state index contributed by atoms with van der Waals surface area (Å²) in [4.78, 5) is 0. The molecule has 2 nitrogen and oxygen atoms in total. The van der Waals surface area contributed by atoms with Crippen LogP contribution in [0.1, 0.15) is 45.7 Å². The van der Waals surface area contributed by atoms with Gasteiger partial charge in [0, 0.05) is 17.0 Å². The van der Waals surface area contributed by atoms with Gasteiger partial charge in [-0.15, -0.1) is 6.58 Å². The van der Waals surface area contributed by atoms with Gasteiger partial charge in [0.15, 0.2) is 0 Å². The van der Waals surface area contributed by atoms with Crippen LogP contribution in [0.4, 0.5) is 0 Å². The molecule has 0 spiro atoms. The van der Waals surface area contributed by atoms with Crippen LogP contribution in [-0.2, 0) is 0 Å². The van der Waals surface area contributed by atoms with Crippen LogP contribution in [0, 0.1) is 27.7 Å². The van der Waals surface area contributed by atoms with Crippen molar-refractivity contribution in [1.29, 1.82) is 0 Å². The monoisotopic (exact) mass is 296 g/mol. The van der Waals surface area contributed by atoms with E-state index in [1.807, 2.05) is 58.0 Å². The Balaban J connectivity index is 2.69. The molecule has 22 heavy (non-hydrogen) atoms. The van der Waals surface area contributed by atoms with Crippen LogP contribution >= 0.6 is 0 Å². The topological polar surface area (TPSA) is 40.5 Å². The van der Waals surface area contributed by atoms with E-state index in [0.29, 0.717) is 17.9 Å². The number of aromatic hydroxyl groups is 2. The molecule has 2 heteroatoms. The Bertz CT molecular complexity index is 657. The van der Waals surface area contributed by atoms with Crippen LogP contribution < -0.4 is 0 Å². The Labute approximate surface area is 132 Å². The smallest absolute Gasteiger partial charge is 0.122 e. The highest BCUT2D eigenvalue weighted by Crippen LogP contribution is 2.41. The van der Waals surface area contributed by atoms with Gasteiger partial charge < -0.3 is 10.2 Å². The van der Waals surface area contributed by atoms with Crippen molar-refractivity contribution in [2.75, 3.05) is 0 Å². The third-order valence-corrected chi connectivity index (χ3v) is 4.10. The number of allylic oxidation sites excluding steroid dienone is 1. The van der Waals surface area contributed by atoms with Crippen molar-refractivity contribution in [2.24, 2.45) is 0 Å². The molecule has 0 amide bonds. The molecule has 2 N–H and O–H groups in total. The van der Waals surface area contributed by atoms with Gasteiger partial charge in [-0.05, 0) is 45.2 Å². The Morgan fingerprint density at radius 1 is 0.864 bits per heavy atom. The maximum absolute atomic E-state index is 10.5. The van der Waals surface area contributed by atoms with E-state index >= 15 is 0 Å². The summed E-state index contributed by atoms with van der Waals surface area (Å²) in [6.45, 7) is 11.7. The van der Waals surface area contributed by atoms with E-state index < -0.39 is 0 Å². The zero-order valence-corrected chi connectivity index (χ0v) is 13.8. The summed E-state index contributed by atoms with van der Waals surface area (Å²) >= 11 is 0. The maximum atomic E-state index is 10.5. The number of hydrogen-bond acceptors (Lipinski definition) is 2. The van der Waals surface area contributed by atoms with Gasteiger partial charge in [-0.25, -0.2) is 0 Å². The van der Waals surface area contributed by atoms with Gasteiger partial charge in [-0.1, -0.05) is 41.5 Å². The van der Waals surface area contributed by atoms with Crippen LogP contribution in [0.15, 0.2) is 36.9 Å². The zero-order valence-electron chi connectivity index (χ0n) is 13.8. The van der Waals surface area contributed by atoms with E-state index in [9.17, 15) is 10.2 Å². The second kappa shape index (κ2) is 6.27. The second-order valence-corrected chi connectivity index (χ2v) is 6.12. The molecule has 2 aromatic carbocycles. The predicted octanol–water partition coefficient (Wildman–Crippen LogP) is 5.04. The van der Waals surface area contributed by atoms with Crippen molar-refractivity contribution in [1.82, 2.24) is 0 Å². The van der Waals surface area contributed by atoms with Gasteiger partial charge in [0.2, 0.25) is 0 Å². The van der Waals surface area contributed by atoms with Gasteiger partial charge in [-0.2, -0.15) is 0 Å². The molecule has 0 aliphatic carbocycles. The minimum Gasteiger partial charge on any atom is -0.507 e. The van der Waals surface area contributed by atoms with Crippen molar-refractivity contribution in [3.63, 3.8) is 0 Å². The molecule has 0 aliphatic heterocycles. The van der Waals surface area contributed by atoms with E-state index in [1.54, 1.807) is 0 Å². The predicted molar refractivity (Wildman–Crippen MR) is 91.8 cm³/mol. The highest BCUT2D eigenvalue weighted by atomic mass is 16.3. The lowest BCUT2D eigenvalue weighted by atomic mass is 9.84. The normalized spacial score (nSPS) is 11.0. The minimum atomic E-state index is -0.102. The van der Waals surface area contributed by atoms with E-state index in [0.717, 1.165) is 33.4 Å². The highest BCUT2D eigenvalue weighted by molar-refractivity contribution is 5.53. The Hall–Kier alpha value is -2.22. The molecule has 0 saturated heterocycles. The highest BCUT2D eigenvalue weighted by Gasteiger charge is 2.22. The number of rotatable bonds is 4. The Kier molecular flexibility index (Phi) is 4.60. The molecular formula is C20H24O2. The molecule has 0 atom stereocenters. The zero-order chi connectivity index (χ0) is 16.4. The average molecular weight is 296 g/mol. The fourth-order valence-electron chi connectivity index (χ4n) is 3.11. The third-order valence-electron chi connectivity index (χ3n) is 4.10. The lowest BCUT2D eigenvalue weighted by Crippen LogP contribution is -2.04. The molecule has 0 heterocycles. The largest absolute Gasteiger partial charge is 0.507 e. The summed E-state index contributed by atoms with van der Waals surface area (Å²) in [6.07, 6.45) is 2.49. The molecule has 0 bridgehead atoms. The third kappa shape index (κ3) is 3.01. The van der Waals surface area contributed by atoms with Gasteiger partial charge in [-0.3, -0.25) is 0 Å². The van der Waals surface area contributed by atoms with Gasteiger partial charge >= 0.3 is 0 Å². The van der Waals surface area contributed by atoms with Crippen molar-refractivity contribution < 1.29 is 10.2 Å². The van der Waals surface area contributed by atoms with E-state index in [-0.39, 0.29) is 5.92 Å². The van der Waals surface area contributed by atoms with Gasteiger partial charge in [0.05, 0.1) is 0 Å². The summed E-state index contributed by atoms with van der Waals surface area (Å²) in [5.74, 6) is 0.502. The first-order valence-corrected chi connectivity index (χ1v) is 7.56. The molecule has 0 aliphatic rings. The molecule has 116 valence electrons. The van der Waals surface area contributed by atoms with E-state index in [1.165, 1.54) is 0 Å². The average Bonchev–Trinajstić information content (AvgIpc) is 2.44. The number of aryl methyl sites for hydroxylation is 4. The number of phenols is 2. The van der Waals surface area contributed by atoms with E-state index in [2.05, 4.69) is 6.58 Å². The molecule has 2 aromatic rings. The SMILES string of the molecule is C=CCC(c1cc(C)cc(C)c1O)c1cc(C)cc(C)c1O. The van der Waals surface area contributed by atoms with E-state index in [4.69, 9.17) is 0 Å². The lowest BCUT2D eigenvalue weighted by molar-refractivity contribution is 0.449. The molecule has 0 fully saturated rings. The molecule has 0 saturated carbocycles. The molecule has 0 radical (unpaired) electrons. The quantitative estimate of drug-likeness (QED) is 0.776. The summed E-state index contributed by atoms with van der Waals surface area (Å²) < 4.78 is 0.